The maximum Gasteiger partial charge on any atom is 0.242 e. The molecule has 8 heteroatoms. The zero-order valence-corrected chi connectivity index (χ0v) is 18.0. The van der Waals surface area contributed by atoms with Crippen molar-refractivity contribution in [1.82, 2.24) is 25.5 Å². The molecule has 1 fully saturated rings. The number of aromatic hydroxyl groups is 1. The van der Waals surface area contributed by atoms with Crippen LogP contribution in [0.1, 0.15) is 46.4 Å². The summed E-state index contributed by atoms with van der Waals surface area (Å²) in [5.74, 6) is 1.75. The SMILES string of the molecule is Cc1ncc(-c2ccc(-c3cnc(NC4CC(C)(C)NC(C)(C)C4)nn3)c(O)c2)o1. The van der Waals surface area contributed by atoms with Crippen LogP contribution in [-0.4, -0.2) is 42.4 Å². The zero-order chi connectivity index (χ0) is 21.5. The van der Waals surface area contributed by atoms with Gasteiger partial charge in [0, 0.05) is 35.2 Å². The van der Waals surface area contributed by atoms with E-state index in [9.17, 15) is 5.11 Å². The zero-order valence-electron chi connectivity index (χ0n) is 18.0. The first-order valence-electron chi connectivity index (χ1n) is 10.1. The first kappa shape index (κ1) is 20.3. The van der Waals surface area contributed by atoms with Gasteiger partial charge in [0.25, 0.3) is 0 Å². The lowest BCUT2D eigenvalue weighted by molar-refractivity contribution is 0.170. The third kappa shape index (κ3) is 4.43. The molecule has 3 N–H and O–H groups in total. The Labute approximate surface area is 176 Å². The molecule has 4 rings (SSSR count). The maximum atomic E-state index is 10.5. The molecule has 0 spiro atoms. The molecule has 0 bridgehead atoms. The molecule has 3 heterocycles. The van der Waals surface area contributed by atoms with Gasteiger partial charge in [-0.2, -0.15) is 0 Å². The van der Waals surface area contributed by atoms with Gasteiger partial charge < -0.3 is 20.2 Å². The van der Waals surface area contributed by atoms with Gasteiger partial charge in [-0.25, -0.2) is 9.97 Å². The standard InChI is InChI=1S/C22H28N6O2/c1-13-23-12-19(30-13)14-6-7-16(18(29)8-14)17-11-24-20(27-26-17)25-15-9-21(2,3)28-22(4,5)10-15/h6-8,11-12,15,28-29H,9-10H2,1-5H3,(H,24,25,27). The number of aromatic nitrogens is 4. The predicted molar refractivity (Wildman–Crippen MR) is 115 cm³/mol. The molecule has 3 aromatic rings. The number of aryl methyl sites for hydroxylation is 1. The van der Waals surface area contributed by atoms with Gasteiger partial charge >= 0.3 is 0 Å². The molecule has 1 aromatic carbocycles. The molecular weight excluding hydrogens is 380 g/mol. The minimum absolute atomic E-state index is 0.0301. The fourth-order valence-corrected chi connectivity index (χ4v) is 4.47. The van der Waals surface area contributed by atoms with Gasteiger partial charge in [0.15, 0.2) is 11.7 Å². The molecule has 0 unspecified atom stereocenters. The van der Waals surface area contributed by atoms with Crippen molar-refractivity contribution in [1.29, 1.82) is 0 Å². The molecule has 0 aliphatic carbocycles. The number of hydrogen-bond acceptors (Lipinski definition) is 8. The molecular formula is C22H28N6O2. The van der Waals surface area contributed by atoms with Crippen molar-refractivity contribution in [3.8, 4) is 28.3 Å². The number of piperidine rings is 1. The van der Waals surface area contributed by atoms with Crippen LogP contribution in [-0.2, 0) is 0 Å². The van der Waals surface area contributed by atoms with Crippen molar-refractivity contribution in [3.63, 3.8) is 0 Å². The second-order valence-corrected chi connectivity index (χ2v) is 9.28. The van der Waals surface area contributed by atoms with E-state index >= 15 is 0 Å². The van der Waals surface area contributed by atoms with Crippen LogP contribution in [0.4, 0.5) is 5.95 Å². The van der Waals surface area contributed by atoms with E-state index in [2.05, 4.69) is 58.5 Å². The van der Waals surface area contributed by atoms with Crippen molar-refractivity contribution in [2.45, 2.75) is 64.6 Å². The summed E-state index contributed by atoms with van der Waals surface area (Å²) in [6.45, 7) is 10.6. The van der Waals surface area contributed by atoms with Crippen molar-refractivity contribution >= 4 is 5.95 Å². The van der Waals surface area contributed by atoms with Gasteiger partial charge in [-0.05, 0) is 52.7 Å². The number of rotatable bonds is 4. The van der Waals surface area contributed by atoms with E-state index < -0.39 is 0 Å². The van der Waals surface area contributed by atoms with E-state index in [4.69, 9.17) is 4.42 Å². The van der Waals surface area contributed by atoms with E-state index in [0.29, 0.717) is 28.9 Å². The first-order valence-corrected chi connectivity index (χ1v) is 10.1. The van der Waals surface area contributed by atoms with Gasteiger partial charge in [0.1, 0.15) is 11.4 Å². The Morgan fingerprint density at radius 2 is 1.80 bits per heavy atom. The lowest BCUT2D eigenvalue weighted by atomic mass is 9.80. The van der Waals surface area contributed by atoms with Crippen LogP contribution >= 0.6 is 0 Å². The highest BCUT2D eigenvalue weighted by molar-refractivity contribution is 5.71. The van der Waals surface area contributed by atoms with Gasteiger partial charge in [-0.1, -0.05) is 6.07 Å². The lowest BCUT2D eigenvalue weighted by Gasteiger charge is -2.46. The summed E-state index contributed by atoms with van der Waals surface area (Å²) in [6.07, 6.45) is 5.19. The van der Waals surface area contributed by atoms with E-state index in [1.165, 1.54) is 0 Å². The second-order valence-electron chi connectivity index (χ2n) is 9.28. The van der Waals surface area contributed by atoms with E-state index in [1.807, 2.05) is 6.07 Å². The molecule has 1 saturated heterocycles. The average molecular weight is 409 g/mol. The summed E-state index contributed by atoms with van der Waals surface area (Å²) in [7, 11) is 0. The average Bonchev–Trinajstić information content (AvgIpc) is 3.06. The lowest BCUT2D eigenvalue weighted by Crippen LogP contribution is -2.60. The van der Waals surface area contributed by atoms with Crippen LogP contribution in [0.15, 0.2) is 35.0 Å². The topological polar surface area (TPSA) is 109 Å². The molecule has 0 atom stereocenters. The number of oxazole rings is 1. The quantitative estimate of drug-likeness (QED) is 0.596. The maximum absolute atomic E-state index is 10.5. The number of hydrogen-bond donors (Lipinski definition) is 3. The molecule has 2 aromatic heterocycles. The summed E-state index contributed by atoms with van der Waals surface area (Å²) in [4.78, 5) is 8.51. The molecule has 8 nitrogen and oxygen atoms in total. The van der Waals surface area contributed by atoms with Gasteiger partial charge in [-0.3, -0.25) is 0 Å². The number of phenols is 1. The van der Waals surface area contributed by atoms with Crippen LogP contribution in [0.25, 0.3) is 22.6 Å². The highest BCUT2D eigenvalue weighted by Crippen LogP contribution is 2.33. The summed E-state index contributed by atoms with van der Waals surface area (Å²) < 4.78 is 5.51. The smallest absolute Gasteiger partial charge is 0.242 e. The van der Waals surface area contributed by atoms with Crippen LogP contribution in [0.3, 0.4) is 0 Å². The highest BCUT2D eigenvalue weighted by atomic mass is 16.4. The third-order valence-electron chi connectivity index (χ3n) is 5.26. The van der Waals surface area contributed by atoms with Crippen molar-refractivity contribution in [3.05, 3.63) is 36.5 Å². The minimum Gasteiger partial charge on any atom is -0.507 e. The molecule has 30 heavy (non-hydrogen) atoms. The summed E-state index contributed by atoms with van der Waals surface area (Å²) >= 11 is 0. The Kier molecular flexibility index (Phi) is 4.97. The highest BCUT2D eigenvalue weighted by Gasteiger charge is 2.37. The van der Waals surface area contributed by atoms with Gasteiger partial charge in [0.2, 0.25) is 5.95 Å². The molecule has 1 aliphatic rings. The monoisotopic (exact) mass is 408 g/mol. The number of nitrogens with one attached hydrogen (secondary N) is 2. The Morgan fingerprint density at radius 3 is 2.37 bits per heavy atom. The largest absolute Gasteiger partial charge is 0.507 e. The van der Waals surface area contributed by atoms with Crippen molar-refractivity contribution < 1.29 is 9.52 Å². The third-order valence-corrected chi connectivity index (χ3v) is 5.26. The van der Waals surface area contributed by atoms with Crippen molar-refractivity contribution in [2.24, 2.45) is 0 Å². The summed E-state index contributed by atoms with van der Waals surface area (Å²) in [6, 6.07) is 5.51. The van der Waals surface area contributed by atoms with Gasteiger partial charge in [0.05, 0.1) is 12.4 Å². The number of benzene rings is 1. The van der Waals surface area contributed by atoms with Gasteiger partial charge in [-0.15, -0.1) is 10.2 Å². The minimum atomic E-state index is 0.0301. The fourth-order valence-electron chi connectivity index (χ4n) is 4.47. The summed E-state index contributed by atoms with van der Waals surface area (Å²) in [5.41, 5.74) is 1.87. The molecule has 1 aliphatic heterocycles. The molecule has 0 saturated carbocycles. The number of phenolic OH excluding ortho intramolecular Hbond substituents is 1. The summed E-state index contributed by atoms with van der Waals surface area (Å²) in [5, 5.41) is 26.1. The Bertz CT molecular complexity index is 1030. The number of anilines is 1. The molecule has 0 amide bonds. The van der Waals surface area contributed by atoms with E-state index in [1.54, 1.807) is 31.5 Å². The van der Waals surface area contributed by atoms with Crippen LogP contribution in [0, 0.1) is 6.92 Å². The first-order chi connectivity index (χ1) is 14.1. The fraction of sp³-hybridized carbons (Fsp3) is 0.455. The van der Waals surface area contributed by atoms with Crippen LogP contribution < -0.4 is 10.6 Å². The second kappa shape index (κ2) is 7.36. The van der Waals surface area contributed by atoms with Crippen LogP contribution in [0.5, 0.6) is 5.75 Å². The van der Waals surface area contributed by atoms with Crippen molar-refractivity contribution in [2.75, 3.05) is 5.32 Å². The van der Waals surface area contributed by atoms with E-state index in [0.717, 1.165) is 18.4 Å². The molecule has 0 radical (unpaired) electrons. The Hall–Kier alpha value is -3.00. The molecule has 158 valence electrons. The predicted octanol–water partition coefficient (Wildman–Crippen LogP) is 3.93. The Morgan fingerprint density at radius 1 is 1.07 bits per heavy atom. The van der Waals surface area contributed by atoms with E-state index in [-0.39, 0.29) is 22.9 Å². The van der Waals surface area contributed by atoms with Crippen LogP contribution in [0.2, 0.25) is 0 Å². The number of nitrogens with zero attached hydrogens (tertiary/aromatic N) is 4. The Balaban J connectivity index is 1.50. The normalized spacial score (nSPS) is 18.3.